The lowest BCUT2D eigenvalue weighted by Gasteiger charge is -1.99. The average molecular weight is 332 g/mol. The second-order valence-electron chi connectivity index (χ2n) is 4.41. The Hall–Kier alpha value is -2.24. The maximum atomic E-state index is 11.4. The predicted octanol–water partition coefficient (Wildman–Crippen LogP) is 4.70. The first kappa shape index (κ1) is 14.7. The van der Waals surface area contributed by atoms with Gasteiger partial charge in [0.05, 0.1) is 0 Å². The summed E-state index contributed by atoms with van der Waals surface area (Å²) in [5.41, 5.74) is 2.06. The summed E-state index contributed by atoms with van der Waals surface area (Å²) in [4.78, 5) is 15.8. The molecule has 0 saturated carbocycles. The summed E-state index contributed by atoms with van der Waals surface area (Å²) in [6, 6.07) is 14.2. The van der Waals surface area contributed by atoms with Crippen LogP contribution in [0.2, 0.25) is 5.02 Å². The third-order valence-electron chi connectivity index (χ3n) is 2.85. The smallest absolute Gasteiger partial charge is 0.342 e. The minimum atomic E-state index is -1.04. The van der Waals surface area contributed by atoms with Gasteiger partial charge >= 0.3 is 5.97 Å². The van der Waals surface area contributed by atoms with Crippen molar-refractivity contribution in [2.75, 3.05) is 0 Å². The lowest BCUT2D eigenvalue weighted by Crippen LogP contribution is -1.96. The van der Waals surface area contributed by atoms with Crippen molar-refractivity contribution < 1.29 is 14.3 Å². The van der Waals surface area contributed by atoms with Gasteiger partial charge in [0.1, 0.15) is 10.4 Å². The van der Waals surface area contributed by atoms with Gasteiger partial charge in [-0.1, -0.05) is 35.9 Å². The molecule has 0 bridgehead atoms. The molecule has 0 aliphatic rings. The second-order valence-corrected chi connectivity index (χ2v) is 5.84. The van der Waals surface area contributed by atoms with E-state index in [-0.39, 0.29) is 4.91 Å². The van der Waals surface area contributed by atoms with Gasteiger partial charge in [0, 0.05) is 5.02 Å². The molecular weight excluding hydrogens is 322 g/mol. The maximum absolute atomic E-state index is 11.4. The van der Waals surface area contributed by atoms with E-state index in [1.165, 1.54) is 0 Å². The van der Waals surface area contributed by atoms with Crippen LogP contribution in [0, 0.1) is 0 Å². The van der Waals surface area contributed by atoms with Crippen molar-refractivity contribution in [3.05, 3.63) is 64.0 Å². The van der Waals surface area contributed by atoms with Crippen LogP contribution in [-0.2, 0) is 4.79 Å². The van der Waals surface area contributed by atoms with Gasteiger partial charge in [-0.3, -0.25) is 0 Å². The fourth-order valence-corrected chi connectivity index (χ4v) is 2.71. The number of aliphatic carboxylic acids is 1. The molecule has 3 rings (SSSR count). The van der Waals surface area contributed by atoms with Gasteiger partial charge in [-0.2, -0.15) is 0 Å². The Kier molecular flexibility index (Phi) is 4.18. The molecule has 0 unspecified atom stereocenters. The van der Waals surface area contributed by atoms with E-state index < -0.39 is 5.97 Å². The van der Waals surface area contributed by atoms with Crippen molar-refractivity contribution in [3.63, 3.8) is 0 Å². The van der Waals surface area contributed by atoms with Gasteiger partial charge in [0.25, 0.3) is 5.22 Å². The molecule has 0 atom stereocenters. The predicted molar refractivity (Wildman–Crippen MR) is 86.9 cm³/mol. The van der Waals surface area contributed by atoms with Gasteiger partial charge in [0.2, 0.25) is 0 Å². The molecule has 6 heteroatoms. The molecule has 2 aromatic carbocycles. The van der Waals surface area contributed by atoms with Crippen molar-refractivity contribution in [2.24, 2.45) is 0 Å². The zero-order valence-corrected chi connectivity index (χ0v) is 12.8. The van der Waals surface area contributed by atoms with Crippen LogP contribution in [0.1, 0.15) is 5.56 Å². The number of thioether (sulfide) groups is 1. The largest absolute Gasteiger partial charge is 0.477 e. The molecule has 0 fully saturated rings. The number of hydrogen-bond donors (Lipinski definition) is 1. The first-order chi connectivity index (χ1) is 10.6. The van der Waals surface area contributed by atoms with Crippen molar-refractivity contribution in [2.45, 2.75) is 5.22 Å². The maximum Gasteiger partial charge on any atom is 0.342 e. The van der Waals surface area contributed by atoms with Crippen LogP contribution in [0.3, 0.4) is 0 Å². The number of halogens is 1. The number of fused-ring (bicyclic) bond motifs is 1. The van der Waals surface area contributed by atoms with Crippen molar-refractivity contribution in [1.82, 2.24) is 4.98 Å². The van der Waals surface area contributed by atoms with Crippen LogP contribution in [0.4, 0.5) is 0 Å². The number of carbonyl (C=O) groups is 1. The Morgan fingerprint density at radius 2 is 1.91 bits per heavy atom. The number of oxazole rings is 1. The van der Waals surface area contributed by atoms with Gasteiger partial charge < -0.3 is 9.52 Å². The van der Waals surface area contributed by atoms with Crippen LogP contribution in [0.25, 0.3) is 17.2 Å². The van der Waals surface area contributed by atoms with Crippen LogP contribution in [-0.4, -0.2) is 16.1 Å². The Bertz CT molecular complexity index is 822. The molecule has 0 amide bonds. The molecule has 0 aliphatic carbocycles. The van der Waals surface area contributed by atoms with E-state index in [1.807, 2.05) is 18.2 Å². The van der Waals surface area contributed by atoms with Crippen molar-refractivity contribution in [3.8, 4) is 0 Å². The molecule has 0 radical (unpaired) electrons. The Balaban J connectivity index is 1.91. The van der Waals surface area contributed by atoms with Gasteiger partial charge in [0.15, 0.2) is 5.58 Å². The Morgan fingerprint density at radius 3 is 2.59 bits per heavy atom. The summed E-state index contributed by atoms with van der Waals surface area (Å²) >= 11 is 6.79. The fourth-order valence-electron chi connectivity index (χ4n) is 1.83. The highest BCUT2D eigenvalue weighted by Crippen LogP contribution is 2.30. The highest BCUT2D eigenvalue weighted by Gasteiger charge is 2.14. The molecule has 1 heterocycles. The molecule has 0 saturated heterocycles. The zero-order chi connectivity index (χ0) is 15.5. The molecule has 1 N–H and O–H groups in total. The number of nitrogens with zero attached hydrogens (tertiary/aromatic N) is 1. The zero-order valence-electron chi connectivity index (χ0n) is 11.2. The number of carboxylic acid groups (broad SMARTS) is 1. The summed E-state index contributed by atoms with van der Waals surface area (Å²) in [6.45, 7) is 0. The Morgan fingerprint density at radius 1 is 1.18 bits per heavy atom. The molecule has 4 nitrogen and oxygen atoms in total. The molecular formula is C16H10ClNO3S. The van der Waals surface area contributed by atoms with Gasteiger partial charge in [-0.15, -0.1) is 0 Å². The van der Waals surface area contributed by atoms with Crippen molar-refractivity contribution >= 4 is 46.5 Å². The number of rotatable bonds is 4. The topological polar surface area (TPSA) is 63.3 Å². The highest BCUT2D eigenvalue weighted by atomic mass is 35.5. The number of benzene rings is 2. The fraction of sp³-hybridized carbons (Fsp3) is 0. The van der Waals surface area contributed by atoms with Crippen molar-refractivity contribution in [1.29, 1.82) is 0 Å². The summed E-state index contributed by atoms with van der Waals surface area (Å²) in [6.07, 6.45) is 1.55. The van der Waals surface area contributed by atoms with Crippen LogP contribution in [0.15, 0.2) is 63.1 Å². The van der Waals surface area contributed by atoms with Crippen LogP contribution < -0.4 is 0 Å². The molecule has 0 spiro atoms. The molecule has 3 aromatic rings. The SMILES string of the molecule is O=C(O)/C(=C\c1ccc(Cl)cc1)Sc1nc2ccccc2o1. The van der Waals surface area contributed by atoms with E-state index in [1.54, 1.807) is 36.4 Å². The van der Waals surface area contributed by atoms with Crippen LogP contribution in [0.5, 0.6) is 0 Å². The normalized spacial score (nSPS) is 11.8. The summed E-state index contributed by atoms with van der Waals surface area (Å²) in [5, 5.41) is 10.2. The van der Waals surface area contributed by atoms with Gasteiger partial charge in [-0.05, 0) is 47.7 Å². The highest BCUT2D eigenvalue weighted by molar-refractivity contribution is 8.03. The van der Waals surface area contributed by atoms with E-state index in [4.69, 9.17) is 16.0 Å². The second kappa shape index (κ2) is 6.25. The third kappa shape index (κ3) is 3.32. The number of carboxylic acids is 1. The molecule has 0 aliphatic heterocycles. The lowest BCUT2D eigenvalue weighted by atomic mass is 10.2. The van der Waals surface area contributed by atoms with E-state index in [2.05, 4.69) is 4.98 Å². The van der Waals surface area contributed by atoms with Crippen LogP contribution >= 0.6 is 23.4 Å². The summed E-state index contributed by atoms with van der Waals surface area (Å²) < 4.78 is 5.53. The molecule has 1 aromatic heterocycles. The summed E-state index contributed by atoms with van der Waals surface area (Å²) in [7, 11) is 0. The first-order valence-corrected chi connectivity index (χ1v) is 7.55. The molecule has 22 heavy (non-hydrogen) atoms. The number of hydrogen-bond acceptors (Lipinski definition) is 4. The number of aromatic nitrogens is 1. The van der Waals surface area contributed by atoms with Gasteiger partial charge in [-0.25, -0.2) is 9.78 Å². The van der Waals surface area contributed by atoms with E-state index in [0.717, 1.165) is 17.3 Å². The average Bonchev–Trinajstić information content (AvgIpc) is 2.91. The Labute approximate surface area is 135 Å². The third-order valence-corrected chi connectivity index (χ3v) is 3.96. The first-order valence-electron chi connectivity index (χ1n) is 6.36. The lowest BCUT2D eigenvalue weighted by molar-refractivity contribution is -0.131. The van der Waals surface area contributed by atoms with E-state index in [0.29, 0.717) is 21.3 Å². The van der Waals surface area contributed by atoms with E-state index >= 15 is 0 Å². The number of para-hydroxylation sites is 2. The standard InChI is InChI=1S/C16H10ClNO3S/c17-11-7-5-10(6-8-11)9-14(15(19)20)22-16-18-12-3-1-2-4-13(12)21-16/h1-9H,(H,19,20)/b14-9+. The quantitative estimate of drug-likeness (QED) is 0.554. The minimum absolute atomic E-state index is 0.119. The molecule has 110 valence electrons. The summed E-state index contributed by atoms with van der Waals surface area (Å²) in [5.74, 6) is -1.04. The van der Waals surface area contributed by atoms with E-state index in [9.17, 15) is 9.90 Å². The minimum Gasteiger partial charge on any atom is -0.477 e. The monoisotopic (exact) mass is 331 g/mol.